The number of carbonyl (C=O) groups is 1. The molecule has 0 unspecified atom stereocenters. The number of rotatable bonds is 5. The van der Waals surface area contributed by atoms with E-state index in [-0.39, 0.29) is 6.03 Å². The average molecular weight is 269 g/mol. The normalized spacial score (nSPS) is 10.1. The molecule has 0 fully saturated rings. The number of aryl methyl sites for hydroxylation is 1. The molecule has 0 saturated carbocycles. The number of benzene rings is 1. The highest BCUT2D eigenvalue weighted by Crippen LogP contribution is 2.04. The van der Waals surface area contributed by atoms with Crippen LogP contribution in [0.1, 0.15) is 23.6 Å². The lowest BCUT2D eigenvalue weighted by Gasteiger charge is -2.08. The number of carbonyl (C=O) groups excluding carboxylic acids is 1. The third-order valence-corrected chi connectivity index (χ3v) is 3.09. The minimum atomic E-state index is -0.165. The third-order valence-electron chi connectivity index (χ3n) is 3.09. The molecule has 0 atom stereocenters. The summed E-state index contributed by atoms with van der Waals surface area (Å²) in [6, 6.07) is 11.9. The van der Waals surface area contributed by atoms with Gasteiger partial charge in [-0.25, -0.2) is 4.79 Å². The molecule has 1 aromatic carbocycles. The van der Waals surface area contributed by atoms with E-state index in [1.165, 1.54) is 5.56 Å². The van der Waals surface area contributed by atoms with Crippen LogP contribution in [0.15, 0.2) is 48.8 Å². The molecule has 0 bridgehead atoms. The van der Waals surface area contributed by atoms with Gasteiger partial charge in [0.1, 0.15) is 0 Å². The van der Waals surface area contributed by atoms with Gasteiger partial charge in [-0.05, 0) is 35.2 Å². The largest absolute Gasteiger partial charge is 0.334 e. The fourth-order valence-electron chi connectivity index (χ4n) is 1.82. The van der Waals surface area contributed by atoms with Gasteiger partial charge in [-0.2, -0.15) is 0 Å². The Hall–Kier alpha value is -2.36. The second-order valence-electron chi connectivity index (χ2n) is 4.56. The number of nitrogens with zero attached hydrogens (tertiary/aromatic N) is 1. The van der Waals surface area contributed by atoms with Crippen molar-refractivity contribution in [1.82, 2.24) is 15.6 Å². The minimum absolute atomic E-state index is 0.165. The molecule has 4 heteroatoms. The number of hydrogen-bond acceptors (Lipinski definition) is 2. The first-order chi connectivity index (χ1) is 9.78. The molecule has 0 radical (unpaired) electrons. The summed E-state index contributed by atoms with van der Waals surface area (Å²) < 4.78 is 0. The molecule has 0 saturated heterocycles. The highest BCUT2D eigenvalue weighted by Gasteiger charge is 2.00. The van der Waals surface area contributed by atoms with Crippen molar-refractivity contribution in [3.8, 4) is 0 Å². The maximum absolute atomic E-state index is 11.7. The van der Waals surface area contributed by atoms with E-state index < -0.39 is 0 Å². The van der Waals surface area contributed by atoms with Crippen LogP contribution in [0.5, 0.6) is 0 Å². The Labute approximate surface area is 119 Å². The molecule has 2 rings (SSSR count). The molecular weight excluding hydrogens is 250 g/mol. The molecule has 0 aliphatic rings. The van der Waals surface area contributed by atoms with E-state index in [0.29, 0.717) is 13.1 Å². The van der Waals surface area contributed by atoms with Gasteiger partial charge >= 0.3 is 6.03 Å². The van der Waals surface area contributed by atoms with Gasteiger partial charge in [0, 0.05) is 25.5 Å². The smallest absolute Gasteiger partial charge is 0.315 e. The van der Waals surface area contributed by atoms with Crippen molar-refractivity contribution < 1.29 is 4.79 Å². The van der Waals surface area contributed by atoms with Gasteiger partial charge in [0.05, 0.1) is 0 Å². The third kappa shape index (κ3) is 4.39. The molecule has 0 spiro atoms. The highest BCUT2D eigenvalue weighted by molar-refractivity contribution is 5.73. The lowest BCUT2D eigenvalue weighted by atomic mass is 10.1. The van der Waals surface area contributed by atoms with Crippen molar-refractivity contribution >= 4 is 6.03 Å². The summed E-state index contributed by atoms with van der Waals surface area (Å²) in [5.74, 6) is 0. The average Bonchev–Trinajstić information content (AvgIpc) is 2.52. The Bertz CT molecular complexity index is 537. The first kappa shape index (κ1) is 14.1. The first-order valence-electron chi connectivity index (χ1n) is 6.76. The molecule has 4 nitrogen and oxygen atoms in total. The topological polar surface area (TPSA) is 54.0 Å². The number of aromatic nitrogens is 1. The van der Waals surface area contributed by atoms with Crippen LogP contribution in [0, 0.1) is 0 Å². The van der Waals surface area contributed by atoms with Gasteiger partial charge in [-0.15, -0.1) is 0 Å². The Balaban J connectivity index is 1.74. The van der Waals surface area contributed by atoms with Crippen LogP contribution < -0.4 is 10.6 Å². The molecule has 2 amide bonds. The molecule has 2 aromatic rings. The van der Waals surface area contributed by atoms with Crippen molar-refractivity contribution in [3.63, 3.8) is 0 Å². The molecule has 20 heavy (non-hydrogen) atoms. The highest BCUT2D eigenvalue weighted by atomic mass is 16.2. The van der Waals surface area contributed by atoms with Crippen LogP contribution in [0.4, 0.5) is 4.79 Å². The van der Waals surface area contributed by atoms with E-state index in [0.717, 1.165) is 17.5 Å². The van der Waals surface area contributed by atoms with Crippen molar-refractivity contribution in [2.75, 3.05) is 0 Å². The first-order valence-corrected chi connectivity index (χ1v) is 6.76. The van der Waals surface area contributed by atoms with Crippen molar-refractivity contribution in [2.45, 2.75) is 26.4 Å². The van der Waals surface area contributed by atoms with E-state index in [2.05, 4.69) is 34.7 Å². The quantitative estimate of drug-likeness (QED) is 0.876. The Kier molecular flexibility index (Phi) is 5.12. The second-order valence-corrected chi connectivity index (χ2v) is 4.56. The van der Waals surface area contributed by atoms with E-state index in [1.807, 2.05) is 24.3 Å². The molecule has 0 aliphatic carbocycles. The van der Waals surface area contributed by atoms with Crippen molar-refractivity contribution in [2.24, 2.45) is 0 Å². The van der Waals surface area contributed by atoms with E-state index in [4.69, 9.17) is 0 Å². The minimum Gasteiger partial charge on any atom is -0.334 e. The zero-order chi connectivity index (χ0) is 14.2. The number of pyridine rings is 1. The SMILES string of the molecule is CCc1ccc(CNC(=O)NCc2ccncc2)cc1. The summed E-state index contributed by atoms with van der Waals surface area (Å²) in [5.41, 5.74) is 3.43. The molecule has 0 aliphatic heterocycles. The molecule has 2 N–H and O–H groups in total. The Morgan fingerprint density at radius 2 is 1.40 bits per heavy atom. The van der Waals surface area contributed by atoms with Crippen LogP contribution in [0.2, 0.25) is 0 Å². The zero-order valence-electron chi connectivity index (χ0n) is 11.6. The Morgan fingerprint density at radius 3 is 1.95 bits per heavy atom. The van der Waals surface area contributed by atoms with Gasteiger partial charge in [-0.3, -0.25) is 4.98 Å². The Morgan fingerprint density at radius 1 is 0.900 bits per heavy atom. The summed E-state index contributed by atoms with van der Waals surface area (Å²) in [7, 11) is 0. The van der Waals surface area contributed by atoms with E-state index >= 15 is 0 Å². The molecule has 104 valence electrons. The second kappa shape index (κ2) is 7.28. The predicted octanol–water partition coefficient (Wildman–Crippen LogP) is 2.64. The van der Waals surface area contributed by atoms with Crippen LogP contribution in [0.3, 0.4) is 0 Å². The molecular formula is C16H19N3O. The summed E-state index contributed by atoms with van der Waals surface area (Å²) in [6.07, 6.45) is 4.45. The summed E-state index contributed by atoms with van der Waals surface area (Å²) >= 11 is 0. The van der Waals surface area contributed by atoms with Crippen LogP contribution in [-0.2, 0) is 19.5 Å². The fourth-order valence-corrected chi connectivity index (χ4v) is 1.82. The fraction of sp³-hybridized carbons (Fsp3) is 0.250. The maximum atomic E-state index is 11.7. The predicted molar refractivity (Wildman–Crippen MR) is 79.1 cm³/mol. The van der Waals surface area contributed by atoms with Gasteiger partial charge < -0.3 is 10.6 Å². The van der Waals surface area contributed by atoms with Crippen LogP contribution in [0.25, 0.3) is 0 Å². The van der Waals surface area contributed by atoms with Gasteiger partial charge in [0.25, 0.3) is 0 Å². The summed E-state index contributed by atoms with van der Waals surface area (Å²) in [4.78, 5) is 15.6. The summed E-state index contributed by atoms with van der Waals surface area (Å²) in [6.45, 7) is 3.16. The van der Waals surface area contributed by atoms with Gasteiger partial charge in [0.15, 0.2) is 0 Å². The lowest BCUT2D eigenvalue weighted by Crippen LogP contribution is -2.34. The van der Waals surface area contributed by atoms with E-state index in [9.17, 15) is 4.79 Å². The number of amides is 2. The number of nitrogens with one attached hydrogen (secondary N) is 2. The van der Waals surface area contributed by atoms with Gasteiger partial charge in [-0.1, -0.05) is 31.2 Å². The zero-order valence-corrected chi connectivity index (χ0v) is 11.6. The van der Waals surface area contributed by atoms with E-state index in [1.54, 1.807) is 12.4 Å². The monoisotopic (exact) mass is 269 g/mol. The lowest BCUT2D eigenvalue weighted by molar-refractivity contribution is 0.240. The van der Waals surface area contributed by atoms with Crippen molar-refractivity contribution in [3.05, 3.63) is 65.5 Å². The standard InChI is InChI=1S/C16H19N3O/c1-2-13-3-5-14(6-4-13)11-18-16(20)19-12-15-7-9-17-10-8-15/h3-10H,2,11-12H2,1H3,(H2,18,19,20). The van der Waals surface area contributed by atoms with Crippen LogP contribution in [-0.4, -0.2) is 11.0 Å². The number of hydrogen-bond donors (Lipinski definition) is 2. The van der Waals surface area contributed by atoms with Crippen molar-refractivity contribution in [1.29, 1.82) is 0 Å². The maximum Gasteiger partial charge on any atom is 0.315 e. The molecule has 1 aromatic heterocycles. The van der Waals surface area contributed by atoms with Gasteiger partial charge in [0.2, 0.25) is 0 Å². The molecule has 1 heterocycles. The number of urea groups is 1. The van der Waals surface area contributed by atoms with Crippen LogP contribution >= 0.6 is 0 Å². The summed E-state index contributed by atoms with van der Waals surface area (Å²) in [5, 5.41) is 5.65.